The molecule has 1 saturated heterocycles. The summed E-state index contributed by atoms with van der Waals surface area (Å²) in [4.78, 5) is 2.55. The Morgan fingerprint density at radius 1 is 1.21 bits per heavy atom. The third-order valence-corrected chi connectivity index (χ3v) is 4.04. The third kappa shape index (κ3) is 2.12. The van der Waals surface area contributed by atoms with Crippen molar-refractivity contribution < 1.29 is 5.11 Å². The third-order valence-electron chi connectivity index (χ3n) is 4.04. The molecule has 1 N–H and O–H groups in total. The molecule has 1 saturated carbocycles. The van der Waals surface area contributed by atoms with Gasteiger partial charge in [0.05, 0.1) is 6.10 Å². The van der Waals surface area contributed by atoms with E-state index in [-0.39, 0.29) is 6.10 Å². The SMILES string of the molecule is CCC1CCCN(C2CCCC2O)C1. The molecule has 0 radical (unpaired) electrons. The van der Waals surface area contributed by atoms with Gasteiger partial charge in [0.15, 0.2) is 0 Å². The minimum atomic E-state index is -0.0365. The number of hydrogen-bond acceptors (Lipinski definition) is 2. The predicted molar refractivity (Wildman–Crippen MR) is 58.2 cm³/mol. The Bertz CT molecular complexity index is 183. The van der Waals surface area contributed by atoms with E-state index in [2.05, 4.69) is 11.8 Å². The first kappa shape index (κ1) is 10.4. The zero-order valence-electron chi connectivity index (χ0n) is 9.28. The average Bonchev–Trinajstić information content (AvgIpc) is 2.65. The fourth-order valence-corrected chi connectivity index (χ4v) is 3.08. The Kier molecular flexibility index (Phi) is 3.45. The molecule has 1 aliphatic carbocycles. The minimum Gasteiger partial charge on any atom is -0.391 e. The first-order valence-electron chi connectivity index (χ1n) is 6.23. The fraction of sp³-hybridized carbons (Fsp3) is 1.00. The standard InChI is InChI=1S/C12H23NO/c1-2-10-5-4-8-13(9-10)11-6-3-7-12(11)14/h10-12,14H,2-9H2,1H3. The van der Waals surface area contributed by atoms with Gasteiger partial charge in [0.2, 0.25) is 0 Å². The van der Waals surface area contributed by atoms with Gasteiger partial charge in [-0.15, -0.1) is 0 Å². The molecular formula is C12H23NO. The second-order valence-electron chi connectivity index (χ2n) is 4.98. The highest BCUT2D eigenvalue weighted by Gasteiger charge is 2.32. The number of aliphatic hydroxyl groups is 1. The molecule has 1 heterocycles. The van der Waals surface area contributed by atoms with Crippen LogP contribution in [-0.4, -0.2) is 35.2 Å². The van der Waals surface area contributed by atoms with Crippen molar-refractivity contribution in [3.8, 4) is 0 Å². The van der Waals surface area contributed by atoms with Crippen molar-refractivity contribution >= 4 is 0 Å². The molecule has 0 aromatic heterocycles. The second-order valence-corrected chi connectivity index (χ2v) is 4.98. The van der Waals surface area contributed by atoms with Crippen LogP contribution in [-0.2, 0) is 0 Å². The van der Waals surface area contributed by atoms with Crippen molar-refractivity contribution in [2.45, 2.75) is 57.6 Å². The van der Waals surface area contributed by atoms with Crippen LogP contribution in [0.3, 0.4) is 0 Å². The molecule has 3 unspecified atom stereocenters. The first-order chi connectivity index (χ1) is 6.81. The molecule has 0 spiro atoms. The summed E-state index contributed by atoms with van der Waals surface area (Å²) in [5, 5.41) is 9.86. The van der Waals surface area contributed by atoms with Crippen molar-refractivity contribution in [2.24, 2.45) is 5.92 Å². The number of rotatable bonds is 2. The van der Waals surface area contributed by atoms with E-state index in [0.29, 0.717) is 6.04 Å². The van der Waals surface area contributed by atoms with E-state index in [1.165, 1.54) is 45.2 Å². The van der Waals surface area contributed by atoms with E-state index in [9.17, 15) is 5.11 Å². The average molecular weight is 197 g/mol. The van der Waals surface area contributed by atoms with Gasteiger partial charge in [0, 0.05) is 12.6 Å². The van der Waals surface area contributed by atoms with Gasteiger partial charge < -0.3 is 5.11 Å². The summed E-state index contributed by atoms with van der Waals surface area (Å²) in [7, 11) is 0. The van der Waals surface area contributed by atoms with E-state index < -0.39 is 0 Å². The Hall–Kier alpha value is -0.0800. The number of piperidine rings is 1. The van der Waals surface area contributed by atoms with Crippen LogP contribution < -0.4 is 0 Å². The van der Waals surface area contributed by atoms with Gasteiger partial charge in [-0.1, -0.05) is 13.3 Å². The first-order valence-corrected chi connectivity index (χ1v) is 6.23. The van der Waals surface area contributed by atoms with Crippen LogP contribution >= 0.6 is 0 Å². The Morgan fingerprint density at radius 2 is 2.07 bits per heavy atom. The van der Waals surface area contributed by atoms with Crippen molar-refractivity contribution in [1.82, 2.24) is 4.90 Å². The van der Waals surface area contributed by atoms with Crippen molar-refractivity contribution in [2.75, 3.05) is 13.1 Å². The molecule has 0 aromatic carbocycles. The molecule has 2 aliphatic rings. The molecule has 2 rings (SSSR count). The largest absolute Gasteiger partial charge is 0.391 e. The van der Waals surface area contributed by atoms with Gasteiger partial charge in [-0.2, -0.15) is 0 Å². The topological polar surface area (TPSA) is 23.5 Å². The second kappa shape index (κ2) is 4.63. The Morgan fingerprint density at radius 3 is 2.71 bits per heavy atom. The molecule has 82 valence electrons. The lowest BCUT2D eigenvalue weighted by atomic mass is 9.94. The number of likely N-dealkylation sites (tertiary alicyclic amines) is 1. The van der Waals surface area contributed by atoms with Crippen LogP contribution in [0.2, 0.25) is 0 Å². The Labute approximate surface area is 87.3 Å². The van der Waals surface area contributed by atoms with Crippen LogP contribution in [0, 0.1) is 5.92 Å². The Balaban J connectivity index is 1.90. The van der Waals surface area contributed by atoms with Crippen LogP contribution in [0.5, 0.6) is 0 Å². The zero-order valence-corrected chi connectivity index (χ0v) is 9.28. The molecule has 2 fully saturated rings. The van der Waals surface area contributed by atoms with Crippen LogP contribution in [0.1, 0.15) is 45.4 Å². The lowest BCUT2D eigenvalue weighted by Crippen LogP contribution is -2.45. The molecular weight excluding hydrogens is 174 g/mol. The zero-order chi connectivity index (χ0) is 9.97. The maximum atomic E-state index is 9.86. The highest BCUT2D eigenvalue weighted by molar-refractivity contribution is 4.87. The van der Waals surface area contributed by atoms with E-state index >= 15 is 0 Å². The van der Waals surface area contributed by atoms with Crippen molar-refractivity contribution in [3.63, 3.8) is 0 Å². The van der Waals surface area contributed by atoms with Gasteiger partial charge in [0.1, 0.15) is 0 Å². The maximum absolute atomic E-state index is 9.86. The van der Waals surface area contributed by atoms with Gasteiger partial charge in [-0.3, -0.25) is 4.90 Å². The number of nitrogens with zero attached hydrogens (tertiary/aromatic N) is 1. The molecule has 2 heteroatoms. The molecule has 0 aromatic rings. The smallest absolute Gasteiger partial charge is 0.0695 e. The number of hydrogen-bond donors (Lipinski definition) is 1. The lowest BCUT2D eigenvalue weighted by Gasteiger charge is -2.37. The van der Waals surface area contributed by atoms with Gasteiger partial charge in [0.25, 0.3) is 0 Å². The summed E-state index contributed by atoms with van der Waals surface area (Å²) in [6.45, 7) is 4.75. The van der Waals surface area contributed by atoms with Crippen molar-refractivity contribution in [1.29, 1.82) is 0 Å². The fourth-order valence-electron chi connectivity index (χ4n) is 3.08. The molecule has 14 heavy (non-hydrogen) atoms. The van der Waals surface area contributed by atoms with Gasteiger partial charge in [-0.25, -0.2) is 0 Å². The monoisotopic (exact) mass is 197 g/mol. The summed E-state index contributed by atoms with van der Waals surface area (Å²) in [5.41, 5.74) is 0. The maximum Gasteiger partial charge on any atom is 0.0695 e. The van der Waals surface area contributed by atoms with Crippen LogP contribution in [0.4, 0.5) is 0 Å². The van der Waals surface area contributed by atoms with Crippen molar-refractivity contribution in [3.05, 3.63) is 0 Å². The summed E-state index contributed by atoms with van der Waals surface area (Å²) in [6, 6.07) is 0.490. The molecule has 0 bridgehead atoms. The summed E-state index contributed by atoms with van der Waals surface area (Å²) in [6.07, 6.45) is 7.47. The summed E-state index contributed by atoms with van der Waals surface area (Å²) >= 11 is 0. The summed E-state index contributed by atoms with van der Waals surface area (Å²) in [5.74, 6) is 0.886. The molecule has 1 aliphatic heterocycles. The molecule has 2 nitrogen and oxygen atoms in total. The molecule has 3 atom stereocenters. The van der Waals surface area contributed by atoms with E-state index in [1.807, 2.05) is 0 Å². The van der Waals surface area contributed by atoms with Crippen LogP contribution in [0.15, 0.2) is 0 Å². The van der Waals surface area contributed by atoms with E-state index in [4.69, 9.17) is 0 Å². The predicted octanol–water partition coefficient (Wildman–Crippen LogP) is 2.02. The highest BCUT2D eigenvalue weighted by atomic mass is 16.3. The van der Waals surface area contributed by atoms with Gasteiger partial charge in [-0.05, 0) is 44.6 Å². The summed E-state index contributed by atoms with van der Waals surface area (Å²) < 4.78 is 0. The normalized spacial score (nSPS) is 40.3. The number of aliphatic hydroxyl groups excluding tert-OH is 1. The van der Waals surface area contributed by atoms with E-state index in [1.54, 1.807) is 0 Å². The van der Waals surface area contributed by atoms with Crippen LogP contribution in [0.25, 0.3) is 0 Å². The molecule has 0 amide bonds. The lowest BCUT2D eigenvalue weighted by molar-refractivity contribution is 0.0426. The minimum absolute atomic E-state index is 0.0365. The highest BCUT2D eigenvalue weighted by Crippen LogP contribution is 2.29. The van der Waals surface area contributed by atoms with E-state index in [0.717, 1.165) is 12.3 Å². The van der Waals surface area contributed by atoms with Gasteiger partial charge >= 0.3 is 0 Å². The quantitative estimate of drug-likeness (QED) is 0.732.